The van der Waals surface area contributed by atoms with Gasteiger partial charge in [0.25, 0.3) is 0 Å². The molecular formula is C13H22N2O3. The van der Waals surface area contributed by atoms with Crippen molar-refractivity contribution in [1.82, 2.24) is 10.2 Å². The third-order valence-electron chi connectivity index (χ3n) is 3.36. The van der Waals surface area contributed by atoms with Crippen LogP contribution >= 0.6 is 0 Å². The third kappa shape index (κ3) is 3.24. The Balaban J connectivity index is 2.60. The van der Waals surface area contributed by atoms with Crippen LogP contribution < -0.4 is 5.32 Å². The Morgan fingerprint density at radius 3 is 2.67 bits per heavy atom. The number of carbonyl (C=O) groups is 2. The van der Waals surface area contributed by atoms with Crippen molar-refractivity contribution in [1.29, 1.82) is 0 Å². The van der Waals surface area contributed by atoms with Gasteiger partial charge in [-0.05, 0) is 19.8 Å². The quantitative estimate of drug-likeness (QED) is 0.736. The summed E-state index contributed by atoms with van der Waals surface area (Å²) in [4.78, 5) is 24.8. The smallest absolute Gasteiger partial charge is 0.317 e. The van der Waals surface area contributed by atoms with E-state index in [9.17, 15) is 14.7 Å². The molecule has 1 aliphatic rings. The van der Waals surface area contributed by atoms with Crippen LogP contribution in [0.15, 0.2) is 12.2 Å². The first-order valence-electron chi connectivity index (χ1n) is 6.32. The highest BCUT2D eigenvalue weighted by molar-refractivity contribution is 5.79. The van der Waals surface area contributed by atoms with Gasteiger partial charge in [-0.2, -0.15) is 0 Å². The second kappa shape index (κ2) is 5.89. The molecule has 2 amide bonds. The maximum absolute atomic E-state index is 11.8. The van der Waals surface area contributed by atoms with E-state index in [2.05, 4.69) is 11.9 Å². The number of amides is 2. The van der Waals surface area contributed by atoms with E-state index in [4.69, 9.17) is 0 Å². The summed E-state index contributed by atoms with van der Waals surface area (Å²) in [5.74, 6) is -0.792. The van der Waals surface area contributed by atoms with Gasteiger partial charge in [0, 0.05) is 19.6 Å². The molecule has 1 fully saturated rings. The zero-order valence-electron chi connectivity index (χ0n) is 11.2. The summed E-state index contributed by atoms with van der Waals surface area (Å²) in [5, 5.41) is 12.1. The zero-order chi connectivity index (χ0) is 13.8. The molecule has 1 atom stereocenters. The van der Waals surface area contributed by atoms with Gasteiger partial charge in [-0.3, -0.25) is 4.79 Å². The summed E-state index contributed by atoms with van der Waals surface area (Å²) in [5.41, 5.74) is 0.121. The number of urea groups is 1. The van der Waals surface area contributed by atoms with Crippen molar-refractivity contribution in [3.63, 3.8) is 0 Å². The monoisotopic (exact) mass is 254 g/mol. The summed E-state index contributed by atoms with van der Waals surface area (Å²) in [6, 6.07) is -0.197. The number of hydrogen-bond acceptors (Lipinski definition) is 2. The summed E-state index contributed by atoms with van der Waals surface area (Å²) in [6.45, 7) is 8.76. The second-order valence-electron chi connectivity index (χ2n) is 5.12. The van der Waals surface area contributed by atoms with Crippen LogP contribution in [-0.2, 0) is 4.79 Å². The Bertz CT molecular complexity index is 354. The minimum Gasteiger partial charge on any atom is -0.481 e. The fourth-order valence-electron chi connectivity index (χ4n) is 2.35. The standard InChI is InChI=1S/C13H22N2O3/c1-4-5-13(11(16)17)6-7-15(9-13)12(18)14-8-10(2)3/h2,4-9H2,1,3H3,(H,14,18)(H,16,17). The molecule has 0 aromatic carbocycles. The molecule has 0 saturated carbocycles. The first-order chi connectivity index (χ1) is 8.41. The van der Waals surface area contributed by atoms with Crippen molar-refractivity contribution in [2.24, 2.45) is 5.41 Å². The van der Waals surface area contributed by atoms with Gasteiger partial charge >= 0.3 is 12.0 Å². The van der Waals surface area contributed by atoms with E-state index in [-0.39, 0.29) is 6.03 Å². The fourth-order valence-corrected chi connectivity index (χ4v) is 2.35. The van der Waals surface area contributed by atoms with Gasteiger partial charge < -0.3 is 15.3 Å². The number of nitrogens with zero attached hydrogens (tertiary/aromatic N) is 1. The minimum absolute atomic E-state index is 0.197. The van der Waals surface area contributed by atoms with E-state index in [1.165, 1.54) is 0 Å². The number of carboxylic acids is 1. The molecule has 1 rings (SSSR count). The van der Waals surface area contributed by atoms with E-state index in [1.54, 1.807) is 4.90 Å². The average Bonchev–Trinajstić information content (AvgIpc) is 2.72. The Labute approximate surface area is 108 Å². The van der Waals surface area contributed by atoms with Gasteiger partial charge in [-0.1, -0.05) is 25.5 Å². The molecule has 1 heterocycles. The van der Waals surface area contributed by atoms with Crippen LogP contribution in [0.25, 0.3) is 0 Å². The third-order valence-corrected chi connectivity index (χ3v) is 3.36. The molecule has 2 N–H and O–H groups in total. The average molecular weight is 254 g/mol. The van der Waals surface area contributed by atoms with Crippen molar-refractivity contribution in [2.45, 2.75) is 33.1 Å². The van der Waals surface area contributed by atoms with Gasteiger partial charge in [0.1, 0.15) is 0 Å². The Kier molecular flexibility index (Phi) is 4.76. The molecule has 5 heteroatoms. The van der Waals surface area contributed by atoms with Crippen LogP contribution in [0.4, 0.5) is 4.79 Å². The molecule has 0 aromatic rings. The van der Waals surface area contributed by atoms with E-state index in [0.29, 0.717) is 32.5 Å². The lowest BCUT2D eigenvalue weighted by Crippen LogP contribution is -2.42. The lowest BCUT2D eigenvalue weighted by atomic mass is 9.83. The number of likely N-dealkylation sites (tertiary alicyclic amines) is 1. The summed E-state index contributed by atoms with van der Waals surface area (Å²) in [6.07, 6.45) is 1.97. The molecule has 102 valence electrons. The van der Waals surface area contributed by atoms with Gasteiger partial charge in [0.2, 0.25) is 0 Å². The fraction of sp³-hybridized carbons (Fsp3) is 0.692. The van der Waals surface area contributed by atoms with Crippen LogP contribution in [0.3, 0.4) is 0 Å². The summed E-state index contributed by atoms with van der Waals surface area (Å²) in [7, 11) is 0. The van der Waals surface area contributed by atoms with Gasteiger partial charge in [-0.15, -0.1) is 0 Å². The molecule has 0 aliphatic carbocycles. The number of nitrogens with one attached hydrogen (secondary N) is 1. The van der Waals surface area contributed by atoms with E-state index in [0.717, 1.165) is 12.0 Å². The van der Waals surface area contributed by atoms with Crippen LogP contribution in [0, 0.1) is 5.41 Å². The molecule has 5 nitrogen and oxygen atoms in total. The first kappa shape index (κ1) is 14.5. The predicted molar refractivity (Wildman–Crippen MR) is 69.4 cm³/mol. The Morgan fingerprint density at radius 2 is 2.17 bits per heavy atom. The molecule has 0 radical (unpaired) electrons. The van der Waals surface area contributed by atoms with E-state index < -0.39 is 11.4 Å². The molecule has 0 aromatic heterocycles. The van der Waals surface area contributed by atoms with E-state index in [1.807, 2.05) is 13.8 Å². The molecule has 18 heavy (non-hydrogen) atoms. The summed E-state index contributed by atoms with van der Waals surface area (Å²) >= 11 is 0. The van der Waals surface area contributed by atoms with Crippen LogP contribution in [-0.4, -0.2) is 41.6 Å². The Hall–Kier alpha value is -1.52. The number of carboxylic acid groups (broad SMARTS) is 1. The largest absolute Gasteiger partial charge is 0.481 e. The normalized spacial score (nSPS) is 22.9. The molecule has 1 unspecified atom stereocenters. The zero-order valence-corrected chi connectivity index (χ0v) is 11.2. The second-order valence-corrected chi connectivity index (χ2v) is 5.12. The molecule has 0 spiro atoms. The van der Waals surface area contributed by atoms with Gasteiger partial charge in [0.15, 0.2) is 0 Å². The number of aliphatic carboxylic acids is 1. The summed E-state index contributed by atoms with van der Waals surface area (Å²) < 4.78 is 0. The van der Waals surface area contributed by atoms with Crippen molar-refractivity contribution in [3.05, 3.63) is 12.2 Å². The predicted octanol–water partition coefficient (Wildman–Crippen LogP) is 1.85. The maximum Gasteiger partial charge on any atom is 0.317 e. The number of rotatable bonds is 5. The van der Waals surface area contributed by atoms with Crippen molar-refractivity contribution >= 4 is 12.0 Å². The van der Waals surface area contributed by atoms with Crippen LogP contribution in [0.2, 0.25) is 0 Å². The van der Waals surface area contributed by atoms with Crippen LogP contribution in [0.5, 0.6) is 0 Å². The maximum atomic E-state index is 11.8. The minimum atomic E-state index is -0.792. The number of hydrogen-bond donors (Lipinski definition) is 2. The van der Waals surface area contributed by atoms with E-state index >= 15 is 0 Å². The lowest BCUT2D eigenvalue weighted by Gasteiger charge is -2.24. The highest BCUT2D eigenvalue weighted by Gasteiger charge is 2.45. The van der Waals surface area contributed by atoms with Gasteiger partial charge in [0.05, 0.1) is 5.41 Å². The topological polar surface area (TPSA) is 69.6 Å². The highest BCUT2D eigenvalue weighted by atomic mass is 16.4. The van der Waals surface area contributed by atoms with Crippen molar-refractivity contribution in [2.75, 3.05) is 19.6 Å². The SMILES string of the molecule is C=C(C)CNC(=O)N1CCC(CCC)(C(=O)O)C1. The van der Waals surface area contributed by atoms with Crippen molar-refractivity contribution < 1.29 is 14.7 Å². The molecular weight excluding hydrogens is 232 g/mol. The number of carbonyl (C=O) groups excluding carboxylic acids is 1. The Morgan fingerprint density at radius 1 is 1.50 bits per heavy atom. The first-order valence-corrected chi connectivity index (χ1v) is 6.32. The molecule has 1 aliphatic heterocycles. The van der Waals surface area contributed by atoms with Gasteiger partial charge in [-0.25, -0.2) is 4.79 Å². The highest BCUT2D eigenvalue weighted by Crippen LogP contribution is 2.35. The molecule has 0 bridgehead atoms. The molecule has 1 saturated heterocycles. The van der Waals surface area contributed by atoms with Crippen molar-refractivity contribution in [3.8, 4) is 0 Å². The lowest BCUT2D eigenvalue weighted by molar-refractivity contribution is -0.148. The van der Waals surface area contributed by atoms with Crippen LogP contribution in [0.1, 0.15) is 33.1 Å².